The SMILES string of the molecule is CC.CN1CCO[C@@H]2CNC[C@H]21. The van der Waals surface area contributed by atoms with Gasteiger partial charge in [-0.15, -0.1) is 0 Å². The predicted molar refractivity (Wildman–Crippen MR) is 50.4 cm³/mol. The lowest BCUT2D eigenvalue weighted by Crippen LogP contribution is -2.48. The molecule has 0 saturated carbocycles. The summed E-state index contributed by atoms with van der Waals surface area (Å²) in [4.78, 5) is 2.38. The van der Waals surface area contributed by atoms with Crippen molar-refractivity contribution < 1.29 is 4.74 Å². The summed E-state index contributed by atoms with van der Waals surface area (Å²) in [6.07, 6.45) is 0.457. The largest absolute Gasteiger partial charge is 0.374 e. The number of ether oxygens (including phenoxy) is 1. The van der Waals surface area contributed by atoms with Gasteiger partial charge in [0.25, 0.3) is 0 Å². The summed E-state index contributed by atoms with van der Waals surface area (Å²) >= 11 is 0. The number of rotatable bonds is 0. The van der Waals surface area contributed by atoms with Gasteiger partial charge in [0.05, 0.1) is 12.7 Å². The molecule has 2 heterocycles. The first-order chi connectivity index (χ1) is 5.88. The molecule has 12 heavy (non-hydrogen) atoms. The van der Waals surface area contributed by atoms with Crippen molar-refractivity contribution in [2.75, 3.05) is 33.3 Å². The van der Waals surface area contributed by atoms with Crippen molar-refractivity contribution in [3.05, 3.63) is 0 Å². The molecule has 72 valence electrons. The van der Waals surface area contributed by atoms with Crippen LogP contribution in [-0.2, 0) is 4.74 Å². The minimum absolute atomic E-state index is 0.457. The normalized spacial score (nSPS) is 35.2. The summed E-state index contributed by atoms with van der Waals surface area (Å²) in [5.41, 5.74) is 0. The highest BCUT2D eigenvalue weighted by atomic mass is 16.5. The highest BCUT2D eigenvalue weighted by Gasteiger charge is 2.33. The van der Waals surface area contributed by atoms with Crippen LogP contribution >= 0.6 is 0 Å². The van der Waals surface area contributed by atoms with E-state index < -0.39 is 0 Å². The molecule has 0 bridgehead atoms. The molecular formula is C9H20N2O. The number of hydrogen-bond donors (Lipinski definition) is 1. The second-order valence-corrected chi connectivity index (χ2v) is 3.12. The Hall–Kier alpha value is -0.120. The van der Waals surface area contributed by atoms with Gasteiger partial charge < -0.3 is 10.1 Å². The van der Waals surface area contributed by atoms with Gasteiger partial charge in [0.15, 0.2) is 0 Å². The lowest BCUT2D eigenvalue weighted by atomic mass is 10.1. The predicted octanol–water partition coefficient (Wildman–Crippen LogP) is 0.315. The third kappa shape index (κ3) is 1.97. The zero-order chi connectivity index (χ0) is 8.97. The number of nitrogens with one attached hydrogen (secondary N) is 1. The summed E-state index contributed by atoms with van der Waals surface area (Å²) in [5, 5.41) is 3.33. The molecule has 0 unspecified atom stereocenters. The Morgan fingerprint density at radius 3 is 2.75 bits per heavy atom. The van der Waals surface area contributed by atoms with Gasteiger partial charge >= 0.3 is 0 Å². The molecule has 0 aromatic heterocycles. The van der Waals surface area contributed by atoms with Crippen LogP contribution in [0.3, 0.4) is 0 Å². The van der Waals surface area contributed by atoms with E-state index >= 15 is 0 Å². The minimum atomic E-state index is 0.457. The maximum atomic E-state index is 5.57. The minimum Gasteiger partial charge on any atom is -0.374 e. The van der Waals surface area contributed by atoms with Gasteiger partial charge in [-0.05, 0) is 7.05 Å². The standard InChI is InChI=1S/C7H14N2O.C2H6/c1-9-2-3-10-7-5-8-4-6(7)9;1-2/h6-8H,2-5H2,1H3;1-2H3/t6-,7-;/m1./s1. The van der Waals surface area contributed by atoms with Crippen molar-refractivity contribution >= 4 is 0 Å². The van der Waals surface area contributed by atoms with E-state index in [1.165, 1.54) is 0 Å². The van der Waals surface area contributed by atoms with Crippen LogP contribution in [0.2, 0.25) is 0 Å². The average molecular weight is 172 g/mol. The maximum Gasteiger partial charge on any atom is 0.0867 e. The summed E-state index contributed by atoms with van der Waals surface area (Å²) in [6, 6.07) is 0.633. The molecule has 0 aromatic carbocycles. The van der Waals surface area contributed by atoms with E-state index in [0.29, 0.717) is 12.1 Å². The van der Waals surface area contributed by atoms with Gasteiger partial charge in [0, 0.05) is 25.7 Å². The number of nitrogens with zero attached hydrogens (tertiary/aromatic N) is 1. The van der Waals surface area contributed by atoms with Crippen molar-refractivity contribution in [2.24, 2.45) is 0 Å². The van der Waals surface area contributed by atoms with E-state index in [-0.39, 0.29) is 0 Å². The van der Waals surface area contributed by atoms with Crippen LogP contribution in [0.15, 0.2) is 0 Å². The molecule has 2 aliphatic rings. The smallest absolute Gasteiger partial charge is 0.0867 e. The summed E-state index contributed by atoms with van der Waals surface area (Å²) < 4.78 is 5.57. The quantitative estimate of drug-likeness (QED) is 0.569. The second kappa shape index (κ2) is 4.80. The Morgan fingerprint density at radius 2 is 2.08 bits per heavy atom. The van der Waals surface area contributed by atoms with Crippen molar-refractivity contribution in [1.29, 1.82) is 0 Å². The molecule has 2 rings (SSSR count). The van der Waals surface area contributed by atoms with E-state index in [4.69, 9.17) is 4.74 Å². The van der Waals surface area contributed by atoms with Crippen LogP contribution in [0.25, 0.3) is 0 Å². The summed E-state index contributed by atoms with van der Waals surface area (Å²) in [5.74, 6) is 0. The fourth-order valence-corrected chi connectivity index (χ4v) is 1.76. The van der Waals surface area contributed by atoms with Crippen molar-refractivity contribution in [3.8, 4) is 0 Å². The molecule has 2 atom stereocenters. The molecule has 0 aromatic rings. The topological polar surface area (TPSA) is 24.5 Å². The molecule has 3 nitrogen and oxygen atoms in total. The van der Waals surface area contributed by atoms with E-state index in [2.05, 4.69) is 17.3 Å². The van der Waals surface area contributed by atoms with Crippen molar-refractivity contribution in [2.45, 2.75) is 26.0 Å². The van der Waals surface area contributed by atoms with Gasteiger partial charge in [0.2, 0.25) is 0 Å². The molecule has 0 radical (unpaired) electrons. The Balaban J connectivity index is 0.000000336. The van der Waals surface area contributed by atoms with Gasteiger partial charge in [-0.2, -0.15) is 0 Å². The number of likely N-dealkylation sites (N-methyl/N-ethyl adjacent to an activating group) is 1. The monoisotopic (exact) mass is 172 g/mol. The highest BCUT2D eigenvalue weighted by Crippen LogP contribution is 2.14. The van der Waals surface area contributed by atoms with Crippen LogP contribution in [-0.4, -0.2) is 50.3 Å². The highest BCUT2D eigenvalue weighted by molar-refractivity contribution is 4.90. The van der Waals surface area contributed by atoms with Crippen LogP contribution in [0.1, 0.15) is 13.8 Å². The third-order valence-electron chi connectivity index (χ3n) is 2.47. The molecule has 0 amide bonds. The number of hydrogen-bond acceptors (Lipinski definition) is 3. The second-order valence-electron chi connectivity index (χ2n) is 3.12. The van der Waals surface area contributed by atoms with E-state index in [0.717, 1.165) is 26.2 Å². The van der Waals surface area contributed by atoms with Crippen LogP contribution < -0.4 is 5.32 Å². The average Bonchev–Trinajstić information content (AvgIpc) is 2.57. The van der Waals surface area contributed by atoms with Crippen molar-refractivity contribution in [1.82, 2.24) is 10.2 Å². The summed E-state index contributed by atoms with van der Waals surface area (Å²) in [6.45, 7) is 8.12. The van der Waals surface area contributed by atoms with Gasteiger partial charge in [-0.1, -0.05) is 13.8 Å². The Labute approximate surface area is 75.1 Å². The molecular weight excluding hydrogens is 152 g/mol. The van der Waals surface area contributed by atoms with Crippen molar-refractivity contribution in [3.63, 3.8) is 0 Å². The van der Waals surface area contributed by atoms with Gasteiger partial charge in [0.1, 0.15) is 0 Å². The lowest BCUT2D eigenvalue weighted by Gasteiger charge is -2.33. The Bertz CT molecular complexity index is 130. The first-order valence-corrected chi connectivity index (χ1v) is 4.90. The molecule has 2 aliphatic heterocycles. The zero-order valence-electron chi connectivity index (χ0n) is 8.34. The van der Waals surface area contributed by atoms with E-state index in [1.54, 1.807) is 0 Å². The fraction of sp³-hybridized carbons (Fsp3) is 1.00. The Kier molecular flexibility index (Phi) is 3.98. The number of fused-ring (bicyclic) bond motifs is 1. The lowest BCUT2D eigenvalue weighted by molar-refractivity contribution is -0.0363. The molecule has 3 heteroatoms. The van der Waals surface area contributed by atoms with Crippen LogP contribution in [0, 0.1) is 0 Å². The molecule has 0 spiro atoms. The molecule has 2 saturated heterocycles. The zero-order valence-corrected chi connectivity index (χ0v) is 8.34. The molecule has 1 N–H and O–H groups in total. The van der Waals surface area contributed by atoms with Crippen LogP contribution in [0.4, 0.5) is 0 Å². The van der Waals surface area contributed by atoms with Crippen LogP contribution in [0.5, 0.6) is 0 Å². The van der Waals surface area contributed by atoms with E-state index in [9.17, 15) is 0 Å². The first-order valence-electron chi connectivity index (χ1n) is 4.90. The first kappa shape index (κ1) is 9.96. The molecule has 2 fully saturated rings. The molecule has 0 aliphatic carbocycles. The third-order valence-corrected chi connectivity index (χ3v) is 2.47. The number of morpholine rings is 1. The van der Waals surface area contributed by atoms with E-state index in [1.807, 2.05) is 13.8 Å². The summed E-state index contributed by atoms with van der Waals surface area (Å²) in [7, 11) is 2.17. The van der Waals surface area contributed by atoms with Gasteiger partial charge in [-0.25, -0.2) is 0 Å². The fourth-order valence-electron chi connectivity index (χ4n) is 1.76. The Morgan fingerprint density at radius 1 is 1.33 bits per heavy atom. The maximum absolute atomic E-state index is 5.57. The van der Waals surface area contributed by atoms with Gasteiger partial charge in [-0.3, -0.25) is 4.90 Å².